The molecule has 0 spiro atoms. The first-order chi connectivity index (χ1) is 4.27. The van der Waals surface area contributed by atoms with Gasteiger partial charge in [0.2, 0.25) is 0 Å². The van der Waals surface area contributed by atoms with Crippen molar-refractivity contribution in [2.45, 2.75) is 26.7 Å². The van der Waals surface area contributed by atoms with Crippen LogP contribution in [0.1, 0.15) is 26.7 Å². The first kappa shape index (κ1) is 5.52. The van der Waals surface area contributed by atoms with Crippen LogP contribution in [0.4, 0.5) is 0 Å². The Labute approximate surface area is 57.0 Å². The van der Waals surface area contributed by atoms with Gasteiger partial charge in [-0.05, 0) is 30.6 Å². The van der Waals surface area contributed by atoms with Gasteiger partial charge in [-0.25, -0.2) is 0 Å². The van der Waals surface area contributed by atoms with E-state index in [2.05, 4.69) is 19.9 Å². The van der Waals surface area contributed by atoms with E-state index in [4.69, 9.17) is 0 Å². The van der Waals surface area contributed by atoms with Crippen LogP contribution in [0.5, 0.6) is 0 Å². The molecule has 0 saturated heterocycles. The van der Waals surface area contributed by atoms with Crippen LogP contribution in [0, 0.1) is 17.8 Å². The highest BCUT2D eigenvalue weighted by atomic mass is 14.4. The fourth-order valence-corrected chi connectivity index (χ4v) is 2.18. The fourth-order valence-electron chi connectivity index (χ4n) is 2.18. The van der Waals surface area contributed by atoms with Crippen molar-refractivity contribution in [1.82, 2.24) is 0 Å². The van der Waals surface area contributed by atoms with Gasteiger partial charge in [0.25, 0.3) is 0 Å². The third-order valence-electron chi connectivity index (χ3n) is 2.79. The third-order valence-corrected chi connectivity index (χ3v) is 2.79. The first-order valence-electron chi connectivity index (χ1n) is 3.98. The highest BCUT2D eigenvalue weighted by Crippen LogP contribution is 2.49. The molecular weight excluding hydrogens is 108 g/mol. The minimum atomic E-state index is 0.892. The molecule has 0 heterocycles. The summed E-state index contributed by atoms with van der Waals surface area (Å²) in [6, 6.07) is 0. The van der Waals surface area contributed by atoms with Crippen LogP contribution in [0.2, 0.25) is 0 Å². The number of hydrogen-bond acceptors (Lipinski definition) is 0. The molecule has 1 fully saturated rings. The predicted molar refractivity (Wildman–Crippen MR) is 39.1 cm³/mol. The highest BCUT2D eigenvalue weighted by Gasteiger charge is 2.36. The number of fused-ring (bicyclic) bond motifs is 1. The summed E-state index contributed by atoms with van der Waals surface area (Å²) in [5.41, 5.74) is 1.76. The zero-order valence-corrected chi connectivity index (χ0v) is 6.22. The monoisotopic (exact) mass is 122 g/mol. The van der Waals surface area contributed by atoms with E-state index in [0.717, 1.165) is 17.8 Å². The van der Waals surface area contributed by atoms with Crippen molar-refractivity contribution in [3.8, 4) is 0 Å². The Morgan fingerprint density at radius 1 is 1.56 bits per heavy atom. The van der Waals surface area contributed by atoms with Crippen LogP contribution in [-0.4, -0.2) is 0 Å². The lowest BCUT2D eigenvalue weighted by Crippen LogP contribution is -2.03. The second-order valence-corrected chi connectivity index (χ2v) is 3.79. The molecule has 2 unspecified atom stereocenters. The molecule has 50 valence electrons. The quantitative estimate of drug-likeness (QED) is 0.469. The largest absolute Gasteiger partial charge is 0.0816 e. The molecule has 0 N–H and O–H groups in total. The van der Waals surface area contributed by atoms with E-state index in [1.54, 1.807) is 5.57 Å². The van der Waals surface area contributed by atoms with E-state index in [9.17, 15) is 0 Å². The van der Waals surface area contributed by atoms with Crippen molar-refractivity contribution < 1.29 is 0 Å². The molecule has 0 aromatic rings. The lowest BCUT2D eigenvalue weighted by atomic mass is 9.90. The molecule has 3 aliphatic rings. The summed E-state index contributed by atoms with van der Waals surface area (Å²) in [5.74, 6) is 2.85. The topological polar surface area (TPSA) is 0 Å². The average Bonchev–Trinajstić information content (AvgIpc) is 2.12. The minimum Gasteiger partial charge on any atom is -0.0816 e. The summed E-state index contributed by atoms with van der Waals surface area (Å²) in [4.78, 5) is 0. The molecule has 0 aliphatic heterocycles. The van der Waals surface area contributed by atoms with Crippen LogP contribution in [0.3, 0.4) is 0 Å². The zero-order chi connectivity index (χ0) is 6.43. The first-order valence-corrected chi connectivity index (χ1v) is 3.98. The SMILES string of the molecule is CC(C)C1CC2C=C1C2. The van der Waals surface area contributed by atoms with Gasteiger partial charge in [0.1, 0.15) is 0 Å². The average molecular weight is 122 g/mol. The van der Waals surface area contributed by atoms with Gasteiger partial charge in [-0.15, -0.1) is 0 Å². The van der Waals surface area contributed by atoms with Gasteiger partial charge in [0, 0.05) is 0 Å². The van der Waals surface area contributed by atoms with E-state index >= 15 is 0 Å². The van der Waals surface area contributed by atoms with Gasteiger partial charge in [-0.1, -0.05) is 25.5 Å². The van der Waals surface area contributed by atoms with Crippen molar-refractivity contribution in [3.63, 3.8) is 0 Å². The molecule has 0 aromatic carbocycles. The Morgan fingerprint density at radius 2 is 2.22 bits per heavy atom. The summed E-state index contributed by atoms with van der Waals surface area (Å²) < 4.78 is 0. The number of allylic oxidation sites excluding steroid dienone is 2. The van der Waals surface area contributed by atoms with Crippen molar-refractivity contribution in [1.29, 1.82) is 0 Å². The number of hydrogen-bond donors (Lipinski definition) is 0. The molecule has 0 heteroatoms. The van der Waals surface area contributed by atoms with Crippen molar-refractivity contribution in [2.24, 2.45) is 17.8 Å². The predicted octanol–water partition coefficient (Wildman–Crippen LogP) is 2.61. The van der Waals surface area contributed by atoms with E-state index in [0.29, 0.717) is 0 Å². The standard InChI is InChI=1S/C9H14/c1-6(2)9-5-7-3-8(9)4-7/h3,6-7,9H,4-5H2,1-2H3. The summed E-state index contributed by atoms with van der Waals surface area (Å²) in [6.45, 7) is 4.68. The van der Waals surface area contributed by atoms with E-state index < -0.39 is 0 Å². The van der Waals surface area contributed by atoms with Gasteiger partial charge in [-0.2, -0.15) is 0 Å². The molecule has 1 saturated carbocycles. The van der Waals surface area contributed by atoms with Crippen LogP contribution in [-0.2, 0) is 0 Å². The molecule has 2 bridgehead atoms. The molecular formula is C9H14. The lowest BCUT2D eigenvalue weighted by Gasteiger charge is -2.15. The second kappa shape index (κ2) is 1.62. The van der Waals surface area contributed by atoms with Crippen molar-refractivity contribution in [2.75, 3.05) is 0 Å². The normalized spacial score (nSPS) is 38.8. The van der Waals surface area contributed by atoms with Crippen LogP contribution >= 0.6 is 0 Å². The van der Waals surface area contributed by atoms with E-state index in [-0.39, 0.29) is 0 Å². The smallest absolute Gasteiger partial charge is 0.0174 e. The maximum absolute atomic E-state index is 2.48. The Kier molecular flexibility index (Phi) is 0.992. The van der Waals surface area contributed by atoms with Gasteiger partial charge in [0.15, 0.2) is 0 Å². The Balaban J connectivity index is 2.10. The van der Waals surface area contributed by atoms with Crippen molar-refractivity contribution in [3.05, 3.63) is 11.6 Å². The Morgan fingerprint density at radius 3 is 2.44 bits per heavy atom. The maximum Gasteiger partial charge on any atom is -0.0174 e. The van der Waals surface area contributed by atoms with E-state index in [1.165, 1.54) is 12.8 Å². The molecule has 2 atom stereocenters. The van der Waals surface area contributed by atoms with E-state index in [1.807, 2.05) is 0 Å². The van der Waals surface area contributed by atoms with Crippen molar-refractivity contribution >= 4 is 0 Å². The second-order valence-electron chi connectivity index (χ2n) is 3.79. The molecule has 0 amide bonds. The molecule has 3 aliphatic carbocycles. The Bertz CT molecular complexity index is 153. The fraction of sp³-hybridized carbons (Fsp3) is 0.778. The summed E-state index contributed by atoms with van der Waals surface area (Å²) in [5, 5.41) is 0. The maximum atomic E-state index is 2.48. The summed E-state index contributed by atoms with van der Waals surface area (Å²) in [7, 11) is 0. The number of rotatable bonds is 1. The zero-order valence-electron chi connectivity index (χ0n) is 6.22. The van der Waals surface area contributed by atoms with Crippen LogP contribution in [0.25, 0.3) is 0 Å². The van der Waals surface area contributed by atoms with Gasteiger partial charge in [0.05, 0.1) is 0 Å². The highest BCUT2D eigenvalue weighted by molar-refractivity contribution is 5.27. The summed E-state index contributed by atoms with van der Waals surface area (Å²) >= 11 is 0. The van der Waals surface area contributed by atoms with Gasteiger partial charge >= 0.3 is 0 Å². The molecule has 0 nitrogen and oxygen atoms in total. The van der Waals surface area contributed by atoms with Crippen LogP contribution < -0.4 is 0 Å². The van der Waals surface area contributed by atoms with Gasteiger partial charge < -0.3 is 0 Å². The van der Waals surface area contributed by atoms with Gasteiger partial charge in [-0.3, -0.25) is 0 Å². The molecule has 3 rings (SSSR count). The molecule has 0 aromatic heterocycles. The molecule has 9 heavy (non-hydrogen) atoms. The Hall–Kier alpha value is -0.260. The minimum absolute atomic E-state index is 0.892. The lowest BCUT2D eigenvalue weighted by molar-refractivity contribution is 0.455. The summed E-state index contributed by atoms with van der Waals surface area (Å²) in [6.07, 6.45) is 5.38. The molecule has 0 radical (unpaired) electrons. The third kappa shape index (κ3) is 0.654. The van der Waals surface area contributed by atoms with Crippen LogP contribution in [0.15, 0.2) is 11.6 Å².